The van der Waals surface area contributed by atoms with Gasteiger partial charge in [0.25, 0.3) is 10.0 Å². The molecule has 10 heteroatoms. The van der Waals surface area contributed by atoms with Crippen LogP contribution in [0.2, 0.25) is 0 Å². The first-order valence-corrected chi connectivity index (χ1v) is 7.56. The number of anilines is 1. The molecule has 7 nitrogen and oxygen atoms in total. The predicted octanol–water partition coefficient (Wildman–Crippen LogP) is 0.0714. The van der Waals surface area contributed by atoms with Crippen LogP contribution in [0, 0.1) is 0 Å². The number of nitrogen functional groups attached to an aromatic ring is 1. The summed E-state index contributed by atoms with van der Waals surface area (Å²) >= 11 is 0. The third-order valence-electron chi connectivity index (χ3n) is 2.76. The maximum Gasteiger partial charge on any atom is 0.250 e. The molecule has 1 aromatic rings. The third kappa shape index (κ3) is 6.79. The van der Waals surface area contributed by atoms with Crippen LogP contribution in [-0.4, -0.2) is 45.0 Å². The highest BCUT2D eigenvalue weighted by Gasteiger charge is 2.34. The van der Waals surface area contributed by atoms with Crippen molar-refractivity contribution in [1.29, 1.82) is 0 Å². The molecule has 1 rings (SSSR count). The molecule has 0 saturated carbocycles. The molecule has 0 aliphatic carbocycles. The van der Waals surface area contributed by atoms with Crippen molar-refractivity contribution in [3.05, 3.63) is 24.3 Å². The van der Waals surface area contributed by atoms with Gasteiger partial charge in [0, 0.05) is 6.07 Å². The summed E-state index contributed by atoms with van der Waals surface area (Å²) in [5, 5.41) is 9.19. The highest BCUT2D eigenvalue weighted by molar-refractivity contribution is 7.88. The van der Waals surface area contributed by atoms with Crippen LogP contribution in [0.1, 0.15) is 6.92 Å². The van der Waals surface area contributed by atoms with Crippen molar-refractivity contribution in [2.24, 2.45) is 0 Å². The zero-order valence-corrected chi connectivity index (χ0v) is 14.4. The van der Waals surface area contributed by atoms with Crippen molar-refractivity contribution in [2.45, 2.75) is 6.92 Å². The SMILES string of the molecule is CC[N+](CCO)(NS(C)(=O)=O)c1ccccc1N.Cl.Cl.O. The van der Waals surface area contributed by atoms with Crippen LogP contribution in [0.25, 0.3) is 0 Å². The second-order valence-corrected chi connectivity index (χ2v) is 5.88. The van der Waals surface area contributed by atoms with E-state index in [-0.39, 0.29) is 48.0 Å². The molecule has 126 valence electrons. The molecule has 1 atom stereocenters. The number of benzene rings is 1. The molecule has 21 heavy (non-hydrogen) atoms. The number of para-hydroxylation sites is 2. The van der Waals surface area contributed by atoms with E-state index in [2.05, 4.69) is 4.83 Å². The van der Waals surface area contributed by atoms with Gasteiger partial charge >= 0.3 is 0 Å². The average Bonchev–Trinajstić information content (AvgIpc) is 2.27. The van der Waals surface area contributed by atoms with E-state index < -0.39 is 10.0 Å². The second kappa shape index (κ2) is 10.2. The first-order valence-electron chi connectivity index (χ1n) is 5.66. The molecule has 1 aromatic carbocycles. The highest BCUT2D eigenvalue weighted by atomic mass is 35.5. The van der Waals surface area contributed by atoms with Crippen LogP contribution in [0.5, 0.6) is 0 Å². The first-order chi connectivity index (χ1) is 8.34. The molecule has 0 aliphatic rings. The lowest BCUT2D eigenvalue weighted by Crippen LogP contribution is -2.62. The number of hydrogen-bond donors (Lipinski definition) is 3. The molecule has 0 fully saturated rings. The van der Waals surface area contributed by atoms with Crippen LogP contribution in [0.4, 0.5) is 11.4 Å². The Hall–Kier alpha value is -0.610. The zero-order chi connectivity index (χ0) is 13.8. The summed E-state index contributed by atoms with van der Waals surface area (Å²) in [6.07, 6.45) is 1.09. The van der Waals surface area contributed by atoms with Crippen LogP contribution in [0.15, 0.2) is 24.3 Å². The maximum atomic E-state index is 11.5. The van der Waals surface area contributed by atoms with Crippen molar-refractivity contribution in [3.63, 3.8) is 0 Å². The number of aliphatic hydroxyl groups is 1. The van der Waals surface area contributed by atoms with E-state index >= 15 is 0 Å². The summed E-state index contributed by atoms with van der Waals surface area (Å²) in [5.41, 5.74) is 7.03. The van der Waals surface area contributed by atoms with E-state index in [1.807, 2.05) is 6.92 Å². The van der Waals surface area contributed by atoms with Crippen molar-refractivity contribution in [2.75, 3.05) is 31.7 Å². The second-order valence-electron chi connectivity index (χ2n) is 4.15. The Morgan fingerprint density at radius 2 is 1.81 bits per heavy atom. The molecule has 0 aliphatic heterocycles. The van der Waals surface area contributed by atoms with Crippen LogP contribution in [0.3, 0.4) is 0 Å². The van der Waals surface area contributed by atoms with Gasteiger partial charge < -0.3 is 16.3 Å². The molecular weight excluding hydrogens is 341 g/mol. The Balaban J connectivity index is -0.00000108. The van der Waals surface area contributed by atoms with Gasteiger partial charge in [0.2, 0.25) is 0 Å². The Morgan fingerprint density at radius 1 is 1.29 bits per heavy atom. The minimum atomic E-state index is -3.43. The van der Waals surface area contributed by atoms with E-state index in [0.717, 1.165) is 6.26 Å². The van der Waals surface area contributed by atoms with E-state index in [1.54, 1.807) is 24.3 Å². The van der Waals surface area contributed by atoms with Gasteiger partial charge in [0.1, 0.15) is 6.54 Å². The standard InChI is InChI=1S/C11H20N3O3S.2ClH.H2O/c1-3-14(8-9-15,13-18(2,16)17)11-7-5-4-6-10(11)12;;;/h4-7,13,15H,3,8-9,12H2,1-2H3;2*1H;1H2/q+1;;;. The van der Waals surface area contributed by atoms with Crippen LogP contribution >= 0.6 is 24.8 Å². The molecule has 0 heterocycles. The quantitative estimate of drug-likeness (QED) is 0.375. The topological polar surface area (TPSA) is 124 Å². The summed E-state index contributed by atoms with van der Waals surface area (Å²) in [6, 6.07) is 7.03. The number of likely N-dealkylation sites (N-methyl/N-ethyl adjacent to an activating group) is 1. The fourth-order valence-electron chi connectivity index (χ4n) is 1.97. The molecule has 0 aromatic heterocycles. The molecule has 0 saturated heterocycles. The molecule has 0 bridgehead atoms. The molecule has 0 amide bonds. The number of nitrogens with two attached hydrogens (primary N) is 1. The lowest BCUT2D eigenvalue weighted by atomic mass is 10.2. The molecular formula is C11H24Cl2N3O4S+. The number of aliphatic hydroxyl groups excluding tert-OH is 1. The minimum absolute atomic E-state index is 0. The van der Waals surface area contributed by atoms with E-state index in [1.165, 1.54) is 0 Å². The van der Waals surface area contributed by atoms with Gasteiger partial charge in [-0.05, 0) is 13.0 Å². The van der Waals surface area contributed by atoms with Crippen molar-refractivity contribution in [3.8, 4) is 0 Å². The fourth-order valence-corrected chi connectivity index (χ4v) is 2.93. The smallest absolute Gasteiger partial charge is 0.250 e. The Labute approximate surface area is 137 Å². The predicted molar refractivity (Wildman–Crippen MR) is 91.2 cm³/mol. The zero-order valence-electron chi connectivity index (χ0n) is 11.9. The number of sulfonamides is 1. The number of hydrogen-bond acceptors (Lipinski definition) is 4. The summed E-state index contributed by atoms with van der Waals surface area (Å²) in [4.78, 5) is 2.55. The van der Waals surface area contributed by atoms with Crippen LogP contribution in [-0.2, 0) is 10.0 Å². The fraction of sp³-hybridized carbons (Fsp3) is 0.455. The van der Waals surface area contributed by atoms with Gasteiger partial charge in [-0.25, -0.2) is 8.42 Å². The number of nitrogens with one attached hydrogen (secondary N) is 1. The van der Waals surface area contributed by atoms with Gasteiger partial charge in [0.15, 0.2) is 5.69 Å². The van der Waals surface area contributed by atoms with Gasteiger partial charge in [0.05, 0.1) is 25.1 Å². The van der Waals surface area contributed by atoms with Gasteiger partial charge in [-0.15, -0.1) is 24.8 Å². The Bertz CT molecular complexity index is 516. The number of rotatable bonds is 6. The molecule has 6 N–H and O–H groups in total. The van der Waals surface area contributed by atoms with Gasteiger partial charge in [-0.1, -0.05) is 17.0 Å². The molecule has 0 radical (unpaired) electrons. The summed E-state index contributed by atoms with van der Waals surface area (Å²) in [6.45, 7) is 2.35. The highest BCUT2D eigenvalue weighted by Crippen LogP contribution is 2.27. The average molecular weight is 365 g/mol. The minimum Gasteiger partial charge on any atom is -0.412 e. The van der Waals surface area contributed by atoms with Gasteiger partial charge in [-0.2, -0.15) is 4.59 Å². The first kappa shape index (κ1) is 25.3. The van der Waals surface area contributed by atoms with E-state index in [9.17, 15) is 13.5 Å². The summed E-state index contributed by atoms with van der Waals surface area (Å²) in [7, 11) is -3.43. The summed E-state index contributed by atoms with van der Waals surface area (Å²) < 4.78 is 22.9. The van der Waals surface area contributed by atoms with Gasteiger partial charge in [-0.3, -0.25) is 0 Å². The lowest BCUT2D eigenvalue weighted by Gasteiger charge is -2.35. The van der Waals surface area contributed by atoms with E-state index in [0.29, 0.717) is 17.9 Å². The third-order valence-corrected chi connectivity index (χ3v) is 3.44. The number of quaternary nitrogens is 1. The Kier molecular flexibility index (Phi) is 12.3. The van der Waals surface area contributed by atoms with E-state index in [4.69, 9.17) is 5.73 Å². The van der Waals surface area contributed by atoms with Crippen LogP contribution < -0.4 is 15.2 Å². The number of halogens is 2. The summed E-state index contributed by atoms with van der Waals surface area (Å²) in [5.74, 6) is 0. The maximum absolute atomic E-state index is 11.5. The number of nitrogens with zero attached hydrogens (tertiary/aromatic N) is 1. The van der Waals surface area contributed by atoms with Crippen molar-refractivity contribution < 1.29 is 19.0 Å². The van der Waals surface area contributed by atoms with Crippen molar-refractivity contribution in [1.82, 2.24) is 9.42 Å². The Morgan fingerprint density at radius 3 is 2.19 bits per heavy atom. The lowest BCUT2D eigenvalue weighted by molar-refractivity contribution is 0.185. The van der Waals surface area contributed by atoms with Crippen molar-refractivity contribution >= 4 is 46.2 Å². The molecule has 1 unspecified atom stereocenters. The monoisotopic (exact) mass is 364 g/mol. The largest absolute Gasteiger partial charge is 0.412 e. The normalized spacial score (nSPS) is 13.1. The molecule has 0 spiro atoms.